The van der Waals surface area contributed by atoms with E-state index in [9.17, 15) is 4.79 Å². The number of benzene rings is 3. The average Bonchev–Trinajstić information content (AvgIpc) is 2.75. The van der Waals surface area contributed by atoms with Crippen LogP contribution in [0.2, 0.25) is 0 Å². The molecule has 142 valence electrons. The first-order valence-electron chi connectivity index (χ1n) is 8.88. The minimum Gasteiger partial charge on any atom is -0.493 e. The fraction of sp³-hybridized carbons (Fsp3) is 0.130. The molecule has 0 aliphatic heterocycles. The lowest BCUT2D eigenvalue weighted by Crippen LogP contribution is -2.26. The van der Waals surface area contributed by atoms with E-state index in [0.29, 0.717) is 17.1 Å². The zero-order valence-corrected chi connectivity index (χ0v) is 15.8. The molecule has 0 atom stereocenters. The summed E-state index contributed by atoms with van der Waals surface area (Å²) in [6.45, 7) is 0. The molecule has 0 spiro atoms. The molecule has 0 heterocycles. The summed E-state index contributed by atoms with van der Waals surface area (Å²) < 4.78 is 10.7. The van der Waals surface area contributed by atoms with Crippen LogP contribution in [0, 0.1) is 0 Å². The van der Waals surface area contributed by atoms with Crippen molar-refractivity contribution in [3.63, 3.8) is 0 Å². The summed E-state index contributed by atoms with van der Waals surface area (Å²) in [5.41, 5.74) is 5.16. The molecule has 5 heteroatoms. The van der Waals surface area contributed by atoms with Gasteiger partial charge in [-0.1, -0.05) is 66.7 Å². The van der Waals surface area contributed by atoms with E-state index in [-0.39, 0.29) is 5.91 Å². The number of nitrogens with zero attached hydrogens (tertiary/aromatic N) is 1. The number of ether oxygens (including phenoxy) is 2. The first-order chi connectivity index (χ1) is 13.7. The number of hydrazone groups is 1. The molecule has 0 radical (unpaired) electrons. The van der Waals surface area contributed by atoms with Gasteiger partial charge in [-0.05, 0) is 23.3 Å². The monoisotopic (exact) mass is 374 g/mol. The fourth-order valence-electron chi connectivity index (χ4n) is 3.03. The van der Waals surface area contributed by atoms with Gasteiger partial charge in [0.1, 0.15) is 0 Å². The SMILES string of the molecule is COc1cccc(/C=N/NC(=O)C(c2ccccc2)c2ccccc2)c1OC. The standard InChI is InChI=1S/C23H22N2O3/c1-27-20-15-9-14-19(22(20)28-2)16-24-25-23(26)21(17-10-5-3-6-11-17)18-12-7-4-8-13-18/h3-16,21H,1-2H3,(H,25,26)/b24-16+. The molecule has 0 bridgehead atoms. The van der Waals surface area contributed by atoms with Crippen molar-refractivity contribution >= 4 is 12.1 Å². The van der Waals surface area contributed by atoms with Gasteiger partial charge in [0.25, 0.3) is 5.91 Å². The number of carbonyl (C=O) groups is 1. The Bertz CT molecular complexity index is 901. The van der Waals surface area contributed by atoms with Crippen molar-refractivity contribution in [2.24, 2.45) is 5.10 Å². The molecule has 5 nitrogen and oxygen atoms in total. The van der Waals surface area contributed by atoms with Crippen LogP contribution in [0.4, 0.5) is 0 Å². The third kappa shape index (κ3) is 4.38. The van der Waals surface area contributed by atoms with Crippen molar-refractivity contribution in [2.45, 2.75) is 5.92 Å². The molecule has 3 aromatic carbocycles. The maximum atomic E-state index is 12.9. The molecule has 0 unspecified atom stereocenters. The number of hydrogen-bond acceptors (Lipinski definition) is 4. The lowest BCUT2D eigenvalue weighted by Gasteiger charge is -2.16. The Labute approximate surface area is 164 Å². The van der Waals surface area contributed by atoms with E-state index in [2.05, 4.69) is 10.5 Å². The predicted octanol–water partition coefficient (Wildman–Crippen LogP) is 3.99. The lowest BCUT2D eigenvalue weighted by molar-refractivity contribution is -0.121. The molecule has 0 aliphatic carbocycles. The molecule has 28 heavy (non-hydrogen) atoms. The van der Waals surface area contributed by atoms with Gasteiger partial charge in [0, 0.05) is 5.56 Å². The van der Waals surface area contributed by atoms with E-state index < -0.39 is 5.92 Å². The summed E-state index contributed by atoms with van der Waals surface area (Å²) in [6, 6.07) is 24.8. The highest BCUT2D eigenvalue weighted by Crippen LogP contribution is 2.29. The summed E-state index contributed by atoms with van der Waals surface area (Å²) in [4.78, 5) is 12.9. The van der Waals surface area contributed by atoms with Crippen molar-refractivity contribution < 1.29 is 14.3 Å². The second-order valence-corrected chi connectivity index (χ2v) is 6.07. The van der Waals surface area contributed by atoms with Crippen molar-refractivity contribution in [1.82, 2.24) is 5.43 Å². The molecule has 0 fully saturated rings. The molecule has 3 aromatic rings. The van der Waals surface area contributed by atoms with Crippen LogP contribution in [0.1, 0.15) is 22.6 Å². The Kier molecular flexibility index (Phi) is 6.41. The van der Waals surface area contributed by atoms with Crippen LogP contribution in [0.15, 0.2) is 84.0 Å². The van der Waals surface area contributed by atoms with E-state index >= 15 is 0 Å². The molecule has 0 aromatic heterocycles. The molecule has 3 rings (SSSR count). The third-order valence-electron chi connectivity index (χ3n) is 4.34. The Morgan fingerprint density at radius 2 is 1.46 bits per heavy atom. The van der Waals surface area contributed by atoms with Crippen molar-refractivity contribution in [3.8, 4) is 11.5 Å². The smallest absolute Gasteiger partial charge is 0.252 e. The minimum atomic E-state index is -0.452. The number of amides is 1. The number of nitrogens with one attached hydrogen (secondary N) is 1. The molecular weight excluding hydrogens is 352 g/mol. The summed E-state index contributed by atoms with van der Waals surface area (Å²) in [7, 11) is 3.14. The van der Waals surface area contributed by atoms with Crippen molar-refractivity contribution in [3.05, 3.63) is 95.6 Å². The van der Waals surface area contributed by atoms with Gasteiger partial charge in [-0.15, -0.1) is 0 Å². The van der Waals surface area contributed by atoms with Gasteiger partial charge in [-0.2, -0.15) is 5.10 Å². The number of carbonyl (C=O) groups excluding carboxylic acids is 1. The number of hydrogen-bond donors (Lipinski definition) is 1. The zero-order chi connectivity index (χ0) is 19.8. The average molecular weight is 374 g/mol. The summed E-state index contributed by atoms with van der Waals surface area (Å²) in [6.07, 6.45) is 1.55. The first-order valence-corrected chi connectivity index (χ1v) is 8.88. The highest BCUT2D eigenvalue weighted by atomic mass is 16.5. The highest BCUT2D eigenvalue weighted by molar-refractivity contribution is 5.90. The van der Waals surface area contributed by atoms with E-state index in [1.54, 1.807) is 26.5 Å². The van der Waals surface area contributed by atoms with Crippen molar-refractivity contribution in [1.29, 1.82) is 0 Å². The van der Waals surface area contributed by atoms with Crippen molar-refractivity contribution in [2.75, 3.05) is 14.2 Å². The Hall–Kier alpha value is -3.60. The Morgan fingerprint density at radius 3 is 2.00 bits per heavy atom. The first kappa shape index (κ1) is 19.2. The summed E-state index contributed by atoms with van der Waals surface area (Å²) in [5.74, 6) is 0.497. The summed E-state index contributed by atoms with van der Waals surface area (Å²) >= 11 is 0. The Balaban J connectivity index is 1.83. The normalized spacial score (nSPS) is 10.8. The zero-order valence-electron chi connectivity index (χ0n) is 15.8. The molecule has 0 aliphatic rings. The van der Waals surface area contributed by atoms with Gasteiger partial charge < -0.3 is 9.47 Å². The number of methoxy groups -OCH3 is 2. The van der Waals surface area contributed by atoms with Gasteiger partial charge in [0.05, 0.1) is 26.4 Å². The van der Waals surface area contributed by atoms with Crippen LogP contribution in [0.25, 0.3) is 0 Å². The van der Waals surface area contributed by atoms with Crippen LogP contribution >= 0.6 is 0 Å². The minimum absolute atomic E-state index is 0.212. The summed E-state index contributed by atoms with van der Waals surface area (Å²) in [5, 5.41) is 4.14. The van der Waals surface area contributed by atoms with Crippen LogP contribution in [0.3, 0.4) is 0 Å². The van der Waals surface area contributed by atoms with Gasteiger partial charge >= 0.3 is 0 Å². The second kappa shape index (κ2) is 9.37. The molecule has 0 saturated carbocycles. The van der Waals surface area contributed by atoms with Crippen LogP contribution in [-0.4, -0.2) is 26.3 Å². The van der Waals surface area contributed by atoms with Crippen LogP contribution in [-0.2, 0) is 4.79 Å². The molecular formula is C23H22N2O3. The predicted molar refractivity (Wildman–Crippen MR) is 110 cm³/mol. The second-order valence-electron chi connectivity index (χ2n) is 6.07. The molecule has 1 N–H and O–H groups in total. The molecule has 0 saturated heterocycles. The van der Waals surface area contributed by atoms with Gasteiger partial charge in [-0.3, -0.25) is 4.79 Å². The fourth-order valence-corrected chi connectivity index (χ4v) is 3.03. The van der Waals surface area contributed by atoms with E-state index in [4.69, 9.17) is 9.47 Å². The lowest BCUT2D eigenvalue weighted by atomic mass is 9.91. The maximum absolute atomic E-state index is 12.9. The van der Waals surface area contributed by atoms with E-state index in [1.165, 1.54) is 0 Å². The third-order valence-corrected chi connectivity index (χ3v) is 4.34. The quantitative estimate of drug-likeness (QED) is 0.503. The van der Waals surface area contributed by atoms with Gasteiger partial charge in [0.2, 0.25) is 0 Å². The maximum Gasteiger partial charge on any atom is 0.252 e. The van der Waals surface area contributed by atoms with Crippen LogP contribution < -0.4 is 14.9 Å². The molecule has 1 amide bonds. The van der Waals surface area contributed by atoms with Gasteiger partial charge in [-0.25, -0.2) is 5.43 Å². The van der Waals surface area contributed by atoms with E-state index in [1.807, 2.05) is 72.8 Å². The highest BCUT2D eigenvalue weighted by Gasteiger charge is 2.22. The largest absolute Gasteiger partial charge is 0.493 e. The number of rotatable bonds is 7. The van der Waals surface area contributed by atoms with E-state index in [0.717, 1.165) is 11.1 Å². The topological polar surface area (TPSA) is 59.9 Å². The van der Waals surface area contributed by atoms with Crippen LogP contribution in [0.5, 0.6) is 11.5 Å². The number of para-hydroxylation sites is 1. The van der Waals surface area contributed by atoms with Gasteiger partial charge in [0.15, 0.2) is 11.5 Å². The Morgan fingerprint density at radius 1 is 0.857 bits per heavy atom.